The first-order chi connectivity index (χ1) is 7.13. The third kappa shape index (κ3) is 4.18. The van der Waals surface area contributed by atoms with E-state index in [-0.39, 0.29) is 18.1 Å². The van der Waals surface area contributed by atoms with Crippen LogP contribution in [0.1, 0.15) is 26.7 Å². The molecule has 0 aromatic rings. The highest BCUT2D eigenvalue weighted by Gasteiger charge is 2.25. The van der Waals surface area contributed by atoms with E-state index in [1.54, 1.807) is 0 Å². The Kier molecular flexibility index (Phi) is 5.05. The van der Waals surface area contributed by atoms with Crippen LogP contribution in [0.25, 0.3) is 0 Å². The Hall–Kier alpha value is -0.610. The summed E-state index contributed by atoms with van der Waals surface area (Å²) in [4.78, 5) is 13.7. The Morgan fingerprint density at radius 2 is 2.00 bits per heavy atom. The van der Waals surface area contributed by atoms with E-state index >= 15 is 0 Å². The highest BCUT2D eigenvalue weighted by molar-refractivity contribution is 5.76. The molecule has 4 heteroatoms. The maximum Gasteiger partial charge on any atom is 0.222 e. The predicted octanol–water partition coefficient (Wildman–Crippen LogP) is 0.622. The van der Waals surface area contributed by atoms with Gasteiger partial charge in [0.2, 0.25) is 5.91 Å². The molecule has 1 N–H and O–H groups in total. The summed E-state index contributed by atoms with van der Waals surface area (Å²) in [6.45, 7) is 6.42. The number of rotatable bonds is 4. The topological polar surface area (TPSA) is 41.6 Å². The van der Waals surface area contributed by atoms with Crippen LogP contribution in [-0.2, 0) is 9.53 Å². The SMILES string of the molecule is CNCCCC(=O)N1C[C@@H](C)O[C@@H](C)C1. The van der Waals surface area contributed by atoms with Crippen LogP contribution in [0.3, 0.4) is 0 Å². The minimum absolute atomic E-state index is 0.169. The summed E-state index contributed by atoms with van der Waals surface area (Å²) < 4.78 is 5.59. The molecule has 1 fully saturated rings. The summed E-state index contributed by atoms with van der Waals surface area (Å²) in [6, 6.07) is 0. The molecule has 1 aliphatic heterocycles. The fraction of sp³-hybridized carbons (Fsp3) is 0.909. The fourth-order valence-corrected chi connectivity index (χ4v) is 1.96. The number of carbonyl (C=O) groups excluding carboxylic acids is 1. The molecule has 0 aliphatic carbocycles. The first-order valence-electron chi connectivity index (χ1n) is 5.71. The van der Waals surface area contributed by atoms with Gasteiger partial charge in [0, 0.05) is 19.5 Å². The molecule has 15 heavy (non-hydrogen) atoms. The van der Waals surface area contributed by atoms with Gasteiger partial charge in [0.05, 0.1) is 12.2 Å². The Morgan fingerprint density at radius 3 is 2.53 bits per heavy atom. The van der Waals surface area contributed by atoms with E-state index in [0.29, 0.717) is 6.42 Å². The number of carbonyl (C=O) groups is 1. The van der Waals surface area contributed by atoms with Gasteiger partial charge in [0.1, 0.15) is 0 Å². The van der Waals surface area contributed by atoms with Crippen molar-refractivity contribution in [2.75, 3.05) is 26.7 Å². The van der Waals surface area contributed by atoms with Crippen LogP contribution in [-0.4, -0.2) is 49.7 Å². The van der Waals surface area contributed by atoms with Gasteiger partial charge in [0.15, 0.2) is 0 Å². The van der Waals surface area contributed by atoms with Crippen LogP contribution in [0.4, 0.5) is 0 Å². The first-order valence-corrected chi connectivity index (χ1v) is 5.71. The van der Waals surface area contributed by atoms with Crippen molar-refractivity contribution < 1.29 is 9.53 Å². The summed E-state index contributed by atoms with van der Waals surface area (Å²) in [5, 5.41) is 3.05. The lowest BCUT2D eigenvalue weighted by atomic mass is 10.2. The monoisotopic (exact) mass is 214 g/mol. The van der Waals surface area contributed by atoms with E-state index in [1.807, 2.05) is 25.8 Å². The third-order valence-electron chi connectivity index (χ3n) is 2.59. The summed E-state index contributed by atoms with van der Waals surface area (Å²) in [7, 11) is 1.91. The van der Waals surface area contributed by atoms with E-state index in [9.17, 15) is 4.79 Å². The van der Waals surface area contributed by atoms with Crippen LogP contribution in [0.15, 0.2) is 0 Å². The van der Waals surface area contributed by atoms with E-state index in [1.165, 1.54) is 0 Å². The minimum atomic E-state index is 0.169. The van der Waals surface area contributed by atoms with Gasteiger partial charge >= 0.3 is 0 Å². The molecule has 88 valence electrons. The van der Waals surface area contributed by atoms with Crippen LogP contribution in [0, 0.1) is 0 Å². The molecular formula is C11H22N2O2. The lowest BCUT2D eigenvalue weighted by Gasteiger charge is -2.35. The van der Waals surface area contributed by atoms with Crippen molar-refractivity contribution in [1.82, 2.24) is 10.2 Å². The Labute approximate surface area is 92.0 Å². The molecule has 1 aliphatic rings. The number of nitrogens with zero attached hydrogens (tertiary/aromatic N) is 1. The predicted molar refractivity (Wildman–Crippen MR) is 59.7 cm³/mol. The van der Waals surface area contributed by atoms with Gasteiger partial charge < -0.3 is 15.0 Å². The Morgan fingerprint density at radius 1 is 1.40 bits per heavy atom. The van der Waals surface area contributed by atoms with Gasteiger partial charge in [-0.15, -0.1) is 0 Å². The molecule has 0 aromatic carbocycles. The van der Waals surface area contributed by atoms with E-state index < -0.39 is 0 Å². The zero-order chi connectivity index (χ0) is 11.3. The van der Waals surface area contributed by atoms with Crippen molar-refractivity contribution in [2.24, 2.45) is 0 Å². The zero-order valence-corrected chi connectivity index (χ0v) is 9.95. The highest BCUT2D eigenvalue weighted by Crippen LogP contribution is 2.12. The standard InChI is InChI=1S/C11H22N2O2/c1-9-7-13(8-10(2)15-9)11(14)5-4-6-12-3/h9-10,12H,4-8H2,1-3H3/t9-,10+. The molecule has 1 rings (SSSR count). The normalized spacial score (nSPS) is 26.7. The minimum Gasteiger partial charge on any atom is -0.372 e. The second kappa shape index (κ2) is 6.08. The Balaban J connectivity index is 2.31. The molecule has 2 atom stereocenters. The van der Waals surface area contributed by atoms with Gasteiger partial charge in [-0.05, 0) is 33.9 Å². The maximum atomic E-state index is 11.8. The lowest BCUT2D eigenvalue weighted by molar-refractivity contribution is -0.143. The molecular weight excluding hydrogens is 192 g/mol. The number of amides is 1. The zero-order valence-electron chi connectivity index (χ0n) is 9.95. The number of morpholine rings is 1. The van der Waals surface area contributed by atoms with Crippen molar-refractivity contribution in [3.05, 3.63) is 0 Å². The van der Waals surface area contributed by atoms with Gasteiger partial charge in [-0.25, -0.2) is 0 Å². The largest absolute Gasteiger partial charge is 0.372 e. The van der Waals surface area contributed by atoms with Crippen LogP contribution < -0.4 is 5.32 Å². The van der Waals surface area contributed by atoms with Crippen molar-refractivity contribution in [1.29, 1.82) is 0 Å². The number of hydrogen-bond donors (Lipinski definition) is 1. The number of ether oxygens (including phenoxy) is 1. The molecule has 0 unspecified atom stereocenters. The molecule has 1 amide bonds. The molecule has 1 heterocycles. The van der Waals surface area contributed by atoms with Gasteiger partial charge in [-0.3, -0.25) is 4.79 Å². The van der Waals surface area contributed by atoms with Crippen molar-refractivity contribution in [3.63, 3.8) is 0 Å². The molecule has 0 spiro atoms. The second-order valence-corrected chi connectivity index (χ2v) is 4.26. The molecule has 4 nitrogen and oxygen atoms in total. The summed E-state index contributed by atoms with van der Waals surface area (Å²) in [5.74, 6) is 0.257. The molecule has 0 radical (unpaired) electrons. The third-order valence-corrected chi connectivity index (χ3v) is 2.59. The Bertz CT molecular complexity index is 199. The highest BCUT2D eigenvalue weighted by atomic mass is 16.5. The molecule has 1 saturated heterocycles. The van der Waals surface area contributed by atoms with Crippen LogP contribution in [0.5, 0.6) is 0 Å². The summed E-state index contributed by atoms with van der Waals surface area (Å²) in [6.07, 6.45) is 1.89. The number of hydrogen-bond acceptors (Lipinski definition) is 3. The smallest absolute Gasteiger partial charge is 0.222 e. The average Bonchev–Trinajstić information content (AvgIpc) is 2.16. The summed E-state index contributed by atoms with van der Waals surface area (Å²) >= 11 is 0. The maximum absolute atomic E-state index is 11.8. The van der Waals surface area contributed by atoms with E-state index in [0.717, 1.165) is 26.1 Å². The van der Waals surface area contributed by atoms with Crippen LogP contribution in [0.2, 0.25) is 0 Å². The van der Waals surface area contributed by atoms with E-state index in [4.69, 9.17) is 4.74 Å². The first kappa shape index (κ1) is 12.5. The average molecular weight is 214 g/mol. The van der Waals surface area contributed by atoms with Crippen molar-refractivity contribution >= 4 is 5.91 Å². The van der Waals surface area contributed by atoms with Crippen molar-refractivity contribution in [3.8, 4) is 0 Å². The van der Waals surface area contributed by atoms with Crippen LogP contribution >= 0.6 is 0 Å². The van der Waals surface area contributed by atoms with Crippen molar-refractivity contribution in [2.45, 2.75) is 38.9 Å². The lowest BCUT2D eigenvalue weighted by Crippen LogP contribution is -2.48. The molecule has 0 aromatic heterocycles. The second-order valence-electron chi connectivity index (χ2n) is 4.26. The fourth-order valence-electron chi connectivity index (χ4n) is 1.96. The number of nitrogens with one attached hydrogen (secondary N) is 1. The quantitative estimate of drug-likeness (QED) is 0.698. The van der Waals surface area contributed by atoms with Gasteiger partial charge in [-0.2, -0.15) is 0 Å². The molecule has 0 bridgehead atoms. The van der Waals surface area contributed by atoms with E-state index in [2.05, 4.69) is 5.32 Å². The van der Waals surface area contributed by atoms with Gasteiger partial charge in [0.25, 0.3) is 0 Å². The molecule has 0 saturated carbocycles. The van der Waals surface area contributed by atoms with Gasteiger partial charge in [-0.1, -0.05) is 0 Å². The summed E-state index contributed by atoms with van der Waals surface area (Å²) in [5.41, 5.74) is 0.